The molecule has 1 aromatic rings. The van der Waals surface area contributed by atoms with E-state index in [1.165, 1.54) is 4.90 Å². The lowest BCUT2D eigenvalue weighted by atomic mass is 10.1. The van der Waals surface area contributed by atoms with Crippen molar-refractivity contribution in [2.24, 2.45) is 0 Å². The summed E-state index contributed by atoms with van der Waals surface area (Å²) >= 11 is 0. The highest BCUT2D eigenvalue weighted by molar-refractivity contribution is 6.05. The highest BCUT2D eigenvalue weighted by atomic mass is 16.5. The van der Waals surface area contributed by atoms with Crippen LogP contribution in [0.2, 0.25) is 0 Å². The molecule has 1 N–H and O–H groups in total. The summed E-state index contributed by atoms with van der Waals surface area (Å²) in [7, 11) is 1.55. The van der Waals surface area contributed by atoms with Crippen molar-refractivity contribution in [3.8, 4) is 6.07 Å². The Kier molecular flexibility index (Phi) is 5.07. The van der Waals surface area contributed by atoms with E-state index in [9.17, 15) is 14.4 Å². The molecule has 0 bridgehead atoms. The fourth-order valence-corrected chi connectivity index (χ4v) is 3.22. The van der Waals surface area contributed by atoms with Crippen LogP contribution >= 0.6 is 0 Å². The minimum Gasteiger partial charge on any atom is -0.452 e. The average Bonchev–Trinajstić information content (AvgIpc) is 3.14. The normalized spacial score (nSPS) is 17.6. The van der Waals surface area contributed by atoms with E-state index in [0.29, 0.717) is 5.69 Å². The molecular weight excluding hydrogens is 336 g/mol. The van der Waals surface area contributed by atoms with Gasteiger partial charge in [0.2, 0.25) is 5.91 Å². The summed E-state index contributed by atoms with van der Waals surface area (Å²) < 4.78 is 5.06. The third-order valence-electron chi connectivity index (χ3n) is 4.67. The van der Waals surface area contributed by atoms with Gasteiger partial charge in [0.05, 0.1) is 29.4 Å². The van der Waals surface area contributed by atoms with Crippen molar-refractivity contribution in [1.82, 2.24) is 4.90 Å². The fourth-order valence-electron chi connectivity index (χ4n) is 3.22. The highest BCUT2D eigenvalue weighted by Gasteiger charge is 2.36. The Bertz CT molecular complexity index is 786. The lowest BCUT2D eigenvalue weighted by Crippen LogP contribution is -2.43. The van der Waals surface area contributed by atoms with E-state index < -0.39 is 12.6 Å². The Hall–Kier alpha value is -3.08. The van der Waals surface area contributed by atoms with Crippen LogP contribution in [0.4, 0.5) is 11.4 Å². The van der Waals surface area contributed by atoms with Gasteiger partial charge in [0, 0.05) is 20.1 Å². The van der Waals surface area contributed by atoms with Gasteiger partial charge in [-0.25, -0.2) is 4.79 Å². The number of carbonyl (C=O) groups is 3. The summed E-state index contributed by atoms with van der Waals surface area (Å²) in [5, 5.41) is 11.4. The zero-order chi connectivity index (χ0) is 18.7. The van der Waals surface area contributed by atoms with Crippen LogP contribution in [0.3, 0.4) is 0 Å². The summed E-state index contributed by atoms with van der Waals surface area (Å²) in [6.45, 7) is 0.714. The molecule has 1 atom stereocenters. The van der Waals surface area contributed by atoms with Crippen LogP contribution in [0, 0.1) is 11.3 Å². The highest BCUT2D eigenvalue weighted by Crippen LogP contribution is 2.37. The van der Waals surface area contributed by atoms with Gasteiger partial charge in [-0.1, -0.05) is 0 Å². The molecule has 1 saturated heterocycles. The van der Waals surface area contributed by atoms with Crippen LogP contribution in [0.15, 0.2) is 18.2 Å². The molecule has 8 nitrogen and oxygen atoms in total. The van der Waals surface area contributed by atoms with Gasteiger partial charge in [-0.2, -0.15) is 5.26 Å². The first-order chi connectivity index (χ1) is 12.5. The molecule has 0 unspecified atom stereocenters. The Morgan fingerprint density at radius 1 is 1.46 bits per heavy atom. The number of hydrogen-bond acceptors (Lipinski definition) is 6. The number of nitrogens with one attached hydrogen (secondary N) is 1. The molecule has 8 heteroatoms. The average molecular weight is 356 g/mol. The Morgan fingerprint density at radius 2 is 2.27 bits per heavy atom. The van der Waals surface area contributed by atoms with Crippen molar-refractivity contribution in [1.29, 1.82) is 5.26 Å². The standard InChI is InChI=1S/C18H20N4O4/c1-21(8-3-7-19)16(23)11-26-18(25)12-5-6-14-13(10-12)20-17(24)15-4-2-9-22(14)15/h5-6,10,15H,2-4,8-9,11H2,1H3,(H,20,24)/t15-/m0/s1. The molecule has 0 saturated carbocycles. The van der Waals surface area contributed by atoms with E-state index in [1.54, 1.807) is 25.2 Å². The van der Waals surface area contributed by atoms with Gasteiger partial charge in [0.25, 0.3) is 5.91 Å². The van der Waals surface area contributed by atoms with Crippen LogP contribution in [0.1, 0.15) is 29.6 Å². The fraction of sp³-hybridized carbons (Fsp3) is 0.444. The second-order valence-corrected chi connectivity index (χ2v) is 6.37. The number of anilines is 2. The largest absolute Gasteiger partial charge is 0.452 e. The van der Waals surface area contributed by atoms with Gasteiger partial charge < -0.3 is 19.9 Å². The number of hydrogen-bond donors (Lipinski definition) is 1. The van der Waals surface area contributed by atoms with E-state index in [0.717, 1.165) is 25.1 Å². The smallest absolute Gasteiger partial charge is 0.338 e. The van der Waals surface area contributed by atoms with Crippen molar-refractivity contribution < 1.29 is 19.1 Å². The molecule has 2 aliphatic rings. The number of benzene rings is 1. The number of nitrogens with zero attached hydrogens (tertiary/aromatic N) is 3. The van der Waals surface area contributed by atoms with E-state index in [-0.39, 0.29) is 36.4 Å². The molecule has 2 heterocycles. The van der Waals surface area contributed by atoms with Gasteiger partial charge >= 0.3 is 5.97 Å². The lowest BCUT2D eigenvalue weighted by molar-refractivity contribution is -0.133. The van der Waals surface area contributed by atoms with E-state index in [2.05, 4.69) is 10.2 Å². The van der Waals surface area contributed by atoms with Crippen LogP contribution in [-0.4, -0.2) is 55.5 Å². The number of ether oxygens (including phenoxy) is 1. The van der Waals surface area contributed by atoms with Crippen molar-refractivity contribution in [2.45, 2.75) is 25.3 Å². The van der Waals surface area contributed by atoms with Gasteiger partial charge in [-0.05, 0) is 31.0 Å². The molecule has 1 aromatic carbocycles. The summed E-state index contributed by atoms with van der Waals surface area (Å²) in [5.74, 6) is -1.07. The molecular formula is C18H20N4O4. The maximum absolute atomic E-state index is 12.2. The molecule has 2 aliphatic heterocycles. The van der Waals surface area contributed by atoms with Gasteiger partial charge in [-0.15, -0.1) is 0 Å². The maximum atomic E-state index is 12.2. The number of esters is 1. The molecule has 0 aromatic heterocycles. The van der Waals surface area contributed by atoms with Gasteiger partial charge in [0.1, 0.15) is 6.04 Å². The molecule has 136 valence electrons. The summed E-state index contributed by atoms with van der Waals surface area (Å²) in [5.41, 5.74) is 1.75. The molecule has 1 fully saturated rings. The zero-order valence-electron chi connectivity index (χ0n) is 14.5. The summed E-state index contributed by atoms with van der Waals surface area (Å²) in [6.07, 6.45) is 2.01. The van der Waals surface area contributed by atoms with Crippen molar-refractivity contribution >= 4 is 29.2 Å². The zero-order valence-corrected chi connectivity index (χ0v) is 14.5. The number of carbonyl (C=O) groups excluding carboxylic acids is 3. The monoisotopic (exact) mass is 356 g/mol. The Labute approximate surface area is 151 Å². The van der Waals surface area contributed by atoms with Crippen LogP contribution < -0.4 is 10.2 Å². The van der Waals surface area contributed by atoms with Crippen molar-refractivity contribution in [3.05, 3.63) is 23.8 Å². The Balaban J connectivity index is 1.64. The molecule has 3 rings (SSSR count). The topological polar surface area (TPSA) is 103 Å². The quantitative estimate of drug-likeness (QED) is 0.794. The number of fused-ring (bicyclic) bond motifs is 3. The van der Waals surface area contributed by atoms with E-state index in [4.69, 9.17) is 10.00 Å². The first-order valence-corrected chi connectivity index (χ1v) is 8.51. The predicted octanol–water partition coefficient (Wildman–Crippen LogP) is 1.14. The first kappa shape index (κ1) is 17.7. The first-order valence-electron chi connectivity index (χ1n) is 8.51. The van der Waals surface area contributed by atoms with Crippen molar-refractivity contribution in [2.75, 3.05) is 37.0 Å². The third kappa shape index (κ3) is 3.47. The number of rotatable bonds is 5. The molecule has 0 radical (unpaired) electrons. The van der Waals surface area contributed by atoms with Gasteiger partial charge in [0.15, 0.2) is 6.61 Å². The van der Waals surface area contributed by atoms with Crippen molar-refractivity contribution in [3.63, 3.8) is 0 Å². The second kappa shape index (κ2) is 7.44. The Morgan fingerprint density at radius 3 is 3.04 bits per heavy atom. The SMILES string of the molecule is CN(CCC#N)C(=O)COC(=O)c1ccc2c(c1)NC(=O)[C@@H]1CCCN21. The van der Waals surface area contributed by atoms with E-state index >= 15 is 0 Å². The van der Waals surface area contributed by atoms with Crippen LogP contribution in [-0.2, 0) is 14.3 Å². The molecule has 0 spiro atoms. The number of amides is 2. The molecule has 26 heavy (non-hydrogen) atoms. The third-order valence-corrected chi connectivity index (χ3v) is 4.67. The predicted molar refractivity (Wildman–Crippen MR) is 93.6 cm³/mol. The maximum Gasteiger partial charge on any atom is 0.338 e. The molecule has 0 aliphatic carbocycles. The second-order valence-electron chi connectivity index (χ2n) is 6.37. The van der Waals surface area contributed by atoms with Gasteiger partial charge in [-0.3, -0.25) is 9.59 Å². The minimum atomic E-state index is -0.632. The number of likely N-dealkylation sites (N-methyl/N-ethyl adjacent to an activating group) is 1. The van der Waals surface area contributed by atoms with E-state index in [1.807, 2.05) is 6.07 Å². The van der Waals surface area contributed by atoms with Crippen LogP contribution in [0.25, 0.3) is 0 Å². The minimum absolute atomic E-state index is 0.0604. The summed E-state index contributed by atoms with van der Waals surface area (Å²) in [4.78, 5) is 39.6. The van der Waals surface area contributed by atoms with Crippen LogP contribution in [0.5, 0.6) is 0 Å². The summed E-state index contributed by atoms with van der Waals surface area (Å²) in [6, 6.07) is 6.83. The lowest BCUT2D eigenvalue weighted by Gasteiger charge is -2.33. The molecule has 2 amide bonds. The number of nitriles is 1.